The summed E-state index contributed by atoms with van der Waals surface area (Å²) in [6.45, 7) is 0.874. The number of rotatable bonds is 9. The second kappa shape index (κ2) is 9.81. The van der Waals surface area contributed by atoms with Crippen molar-refractivity contribution in [3.8, 4) is 17.2 Å². The summed E-state index contributed by atoms with van der Waals surface area (Å²) in [4.78, 5) is 12.0. The molecule has 6 heteroatoms. The summed E-state index contributed by atoms with van der Waals surface area (Å²) in [7, 11) is 4.68. The maximum atomic E-state index is 12.0. The molecule has 1 aromatic carbocycles. The molecule has 138 valence electrons. The van der Waals surface area contributed by atoms with E-state index in [9.17, 15) is 4.79 Å². The lowest BCUT2D eigenvalue weighted by molar-refractivity contribution is -0.119. The van der Waals surface area contributed by atoms with E-state index < -0.39 is 0 Å². The van der Waals surface area contributed by atoms with Crippen molar-refractivity contribution in [2.24, 2.45) is 0 Å². The van der Waals surface area contributed by atoms with Crippen LogP contribution in [0.2, 0.25) is 0 Å². The third-order valence-corrected chi connectivity index (χ3v) is 4.27. The van der Waals surface area contributed by atoms with E-state index in [2.05, 4.69) is 16.7 Å². The number of allylic oxidation sites excluding steroid dienone is 1. The average molecular weight is 348 g/mol. The van der Waals surface area contributed by atoms with Crippen LogP contribution in [-0.2, 0) is 4.79 Å². The summed E-state index contributed by atoms with van der Waals surface area (Å²) in [6.07, 6.45) is 8.14. The first-order valence-corrected chi connectivity index (χ1v) is 8.66. The number of nitrogens with one attached hydrogen (secondary N) is 2. The molecule has 1 amide bonds. The van der Waals surface area contributed by atoms with Gasteiger partial charge < -0.3 is 24.8 Å². The van der Waals surface area contributed by atoms with Gasteiger partial charge in [0.25, 0.3) is 0 Å². The molecule has 0 saturated heterocycles. The molecule has 0 bridgehead atoms. The molecule has 0 aliphatic heterocycles. The van der Waals surface area contributed by atoms with E-state index in [1.165, 1.54) is 31.3 Å². The molecule has 25 heavy (non-hydrogen) atoms. The Kier molecular flexibility index (Phi) is 7.44. The van der Waals surface area contributed by atoms with Crippen LogP contribution >= 0.6 is 0 Å². The summed E-state index contributed by atoms with van der Waals surface area (Å²) < 4.78 is 15.9. The van der Waals surface area contributed by atoms with E-state index in [1.807, 2.05) is 0 Å². The Balaban J connectivity index is 1.83. The van der Waals surface area contributed by atoms with Gasteiger partial charge in [-0.25, -0.2) is 0 Å². The lowest BCUT2D eigenvalue weighted by atomic mass is 9.97. The van der Waals surface area contributed by atoms with E-state index in [-0.39, 0.29) is 12.5 Å². The number of hydrogen-bond acceptors (Lipinski definition) is 5. The van der Waals surface area contributed by atoms with Gasteiger partial charge in [-0.15, -0.1) is 0 Å². The highest BCUT2D eigenvalue weighted by Crippen LogP contribution is 2.39. The minimum atomic E-state index is -0.0369. The largest absolute Gasteiger partial charge is 0.493 e. The fraction of sp³-hybridized carbons (Fsp3) is 0.526. The van der Waals surface area contributed by atoms with Crippen LogP contribution < -0.4 is 24.8 Å². The van der Waals surface area contributed by atoms with Gasteiger partial charge in [-0.05, 0) is 32.1 Å². The SMILES string of the molecule is COc1cc(NCC(=O)NCCC2=CCCCC2)cc(OC)c1OC. The topological polar surface area (TPSA) is 68.8 Å². The van der Waals surface area contributed by atoms with Gasteiger partial charge in [-0.3, -0.25) is 4.79 Å². The second-order valence-corrected chi connectivity index (χ2v) is 5.98. The quantitative estimate of drug-likeness (QED) is 0.671. The van der Waals surface area contributed by atoms with Gasteiger partial charge in [-0.1, -0.05) is 11.6 Å². The first-order chi connectivity index (χ1) is 12.2. The molecule has 0 unspecified atom stereocenters. The summed E-state index contributed by atoms with van der Waals surface area (Å²) in [5.41, 5.74) is 2.20. The molecule has 6 nitrogen and oxygen atoms in total. The first kappa shape index (κ1) is 19.0. The summed E-state index contributed by atoms with van der Waals surface area (Å²) in [5.74, 6) is 1.59. The molecule has 1 aromatic rings. The Morgan fingerprint density at radius 2 is 1.80 bits per heavy atom. The van der Waals surface area contributed by atoms with E-state index >= 15 is 0 Å². The zero-order chi connectivity index (χ0) is 18.1. The van der Waals surface area contributed by atoms with Gasteiger partial charge in [0.1, 0.15) is 0 Å². The van der Waals surface area contributed by atoms with Crippen molar-refractivity contribution in [1.82, 2.24) is 5.32 Å². The molecule has 0 fully saturated rings. The van der Waals surface area contributed by atoms with Crippen LogP contribution in [0.25, 0.3) is 0 Å². The fourth-order valence-electron chi connectivity index (χ4n) is 2.92. The molecule has 1 aliphatic carbocycles. The normalized spacial score (nSPS) is 13.6. The number of carbonyl (C=O) groups excluding carboxylic acids is 1. The van der Waals surface area contributed by atoms with Crippen LogP contribution in [-0.4, -0.2) is 40.3 Å². The summed E-state index contributed by atoms with van der Waals surface area (Å²) in [6, 6.07) is 3.56. The molecule has 2 N–H and O–H groups in total. The molecule has 0 aromatic heterocycles. The maximum absolute atomic E-state index is 12.0. The number of amides is 1. The molecule has 0 radical (unpaired) electrons. The van der Waals surface area contributed by atoms with Crippen molar-refractivity contribution in [2.45, 2.75) is 32.1 Å². The van der Waals surface area contributed by atoms with Gasteiger partial charge in [0, 0.05) is 24.4 Å². The predicted octanol–water partition coefficient (Wildman–Crippen LogP) is 3.13. The van der Waals surface area contributed by atoms with Crippen molar-refractivity contribution in [1.29, 1.82) is 0 Å². The second-order valence-electron chi connectivity index (χ2n) is 5.98. The van der Waals surface area contributed by atoms with Crippen molar-refractivity contribution >= 4 is 11.6 Å². The molecule has 0 heterocycles. The van der Waals surface area contributed by atoms with Crippen LogP contribution in [0.5, 0.6) is 17.2 Å². The van der Waals surface area contributed by atoms with Gasteiger partial charge >= 0.3 is 0 Å². The third kappa shape index (κ3) is 5.59. The van der Waals surface area contributed by atoms with Crippen molar-refractivity contribution in [2.75, 3.05) is 39.7 Å². The monoisotopic (exact) mass is 348 g/mol. The minimum absolute atomic E-state index is 0.0369. The van der Waals surface area contributed by atoms with Gasteiger partial charge in [0.2, 0.25) is 11.7 Å². The van der Waals surface area contributed by atoms with Gasteiger partial charge in [-0.2, -0.15) is 0 Å². The van der Waals surface area contributed by atoms with Crippen LogP contribution in [0, 0.1) is 0 Å². The van der Waals surface area contributed by atoms with Gasteiger partial charge in [0.05, 0.1) is 27.9 Å². The van der Waals surface area contributed by atoms with Crippen LogP contribution in [0.1, 0.15) is 32.1 Å². The van der Waals surface area contributed by atoms with E-state index in [0.29, 0.717) is 23.8 Å². The number of anilines is 1. The Morgan fingerprint density at radius 1 is 1.08 bits per heavy atom. The maximum Gasteiger partial charge on any atom is 0.239 e. The Hall–Kier alpha value is -2.37. The number of carbonyl (C=O) groups is 1. The molecule has 0 saturated carbocycles. The van der Waals surface area contributed by atoms with Crippen LogP contribution in [0.15, 0.2) is 23.8 Å². The van der Waals surface area contributed by atoms with Crippen molar-refractivity contribution in [3.05, 3.63) is 23.8 Å². The molecular weight excluding hydrogens is 320 g/mol. The van der Waals surface area contributed by atoms with E-state index in [4.69, 9.17) is 14.2 Å². The highest BCUT2D eigenvalue weighted by Gasteiger charge is 2.13. The zero-order valence-electron chi connectivity index (χ0n) is 15.3. The van der Waals surface area contributed by atoms with Crippen LogP contribution in [0.4, 0.5) is 5.69 Å². The fourth-order valence-corrected chi connectivity index (χ4v) is 2.92. The lowest BCUT2D eigenvalue weighted by Crippen LogP contribution is -2.30. The predicted molar refractivity (Wildman–Crippen MR) is 98.8 cm³/mol. The first-order valence-electron chi connectivity index (χ1n) is 8.66. The number of methoxy groups -OCH3 is 3. The highest BCUT2D eigenvalue weighted by atomic mass is 16.5. The molecule has 1 aliphatic rings. The molecule has 2 rings (SSSR count). The Bertz CT molecular complexity index is 588. The number of benzene rings is 1. The Morgan fingerprint density at radius 3 is 2.36 bits per heavy atom. The number of hydrogen-bond donors (Lipinski definition) is 2. The van der Waals surface area contributed by atoms with Gasteiger partial charge in [0.15, 0.2) is 11.5 Å². The zero-order valence-corrected chi connectivity index (χ0v) is 15.3. The average Bonchev–Trinajstić information content (AvgIpc) is 2.66. The number of ether oxygens (including phenoxy) is 3. The van der Waals surface area contributed by atoms with Crippen LogP contribution in [0.3, 0.4) is 0 Å². The lowest BCUT2D eigenvalue weighted by Gasteiger charge is -2.15. The molecular formula is C19H28N2O4. The highest BCUT2D eigenvalue weighted by molar-refractivity contribution is 5.81. The standard InChI is InChI=1S/C19H28N2O4/c1-23-16-11-15(12-17(24-2)19(16)25-3)21-13-18(22)20-10-9-14-7-5-4-6-8-14/h7,11-12,21H,4-6,8-10,13H2,1-3H3,(H,20,22). The third-order valence-electron chi connectivity index (χ3n) is 4.27. The van der Waals surface area contributed by atoms with Crippen molar-refractivity contribution in [3.63, 3.8) is 0 Å². The van der Waals surface area contributed by atoms with Crippen molar-refractivity contribution < 1.29 is 19.0 Å². The van der Waals surface area contributed by atoms with E-state index in [0.717, 1.165) is 12.1 Å². The van der Waals surface area contributed by atoms with E-state index in [1.54, 1.807) is 33.5 Å². The Labute approximate surface area is 149 Å². The summed E-state index contributed by atoms with van der Waals surface area (Å²) >= 11 is 0. The summed E-state index contributed by atoms with van der Waals surface area (Å²) in [5, 5.41) is 6.04. The smallest absolute Gasteiger partial charge is 0.239 e. The minimum Gasteiger partial charge on any atom is -0.493 e. The molecule has 0 spiro atoms. The molecule has 0 atom stereocenters.